The minimum absolute atomic E-state index is 0.217. The lowest BCUT2D eigenvalue weighted by Gasteiger charge is -2.05. The fourth-order valence-electron chi connectivity index (χ4n) is 2.41. The first kappa shape index (κ1) is 17.2. The molecule has 6 heteroatoms. The van der Waals surface area contributed by atoms with Crippen molar-refractivity contribution >= 4 is 17.9 Å². The summed E-state index contributed by atoms with van der Waals surface area (Å²) in [5.41, 5.74) is 2.26. The molecule has 2 aromatic carbocycles. The van der Waals surface area contributed by atoms with Crippen molar-refractivity contribution in [3.63, 3.8) is 0 Å². The zero-order valence-corrected chi connectivity index (χ0v) is 13.9. The Bertz CT molecular complexity index is 910. The Labute approximate surface area is 150 Å². The topological polar surface area (TPSA) is 84.5 Å². The lowest BCUT2D eigenvalue weighted by atomic mass is 10.1. The number of hydrogen-bond acceptors (Lipinski definition) is 4. The van der Waals surface area contributed by atoms with Crippen molar-refractivity contribution in [3.05, 3.63) is 70.8 Å². The number of rotatable bonds is 4. The fraction of sp³-hybridized carbons (Fsp3) is 0.150. The molecule has 1 heterocycles. The highest BCUT2D eigenvalue weighted by Gasteiger charge is 2.26. The highest BCUT2D eigenvalue weighted by molar-refractivity contribution is 6.21. The van der Waals surface area contributed by atoms with Crippen molar-refractivity contribution in [1.82, 2.24) is 10.6 Å². The molecule has 0 unspecified atom stereocenters. The summed E-state index contributed by atoms with van der Waals surface area (Å²) in [4.78, 5) is 34.7. The summed E-state index contributed by atoms with van der Waals surface area (Å²) in [7, 11) is 0. The number of carbonyl (C=O) groups excluding carboxylic acids is 3. The number of fused-ring (bicyclic) bond motifs is 1. The van der Waals surface area contributed by atoms with Crippen LogP contribution >= 0.6 is 0 Å². The Hall–Kier alpha value is -3.59. The average Bonchev–Trinajstić information content (AvgIpc) is 2.94. The molecule has 1 aliphatic rings. The van der Waals surface area contributed by atoms with Crippen LogP contribution in [0.5, 0.6) is 0 Å². The van der Waals surface area contributed by atoms with Crippen LogP contribution in [0.25, 0.3) is 0 Å². The average molecular weight is 348 g/mol. The van der Waals surface area contributed by atoms with Crippen molar-refractivity contribution in [3.8, 4) is 11.8 Å². The fourth-order valence-corrected chi connectivity index (χ4v) is 2.41. The van der Waals surface area contributed by atoms with Crippen LogP contribution in [0.4, 0.5) is 4.79 Å². The van der Waals surface area contributed by atoms with Gasteiger partial charge in [0.15, 0.2) is 0 Å². The molecular formula is C20H16N2O4. The third-order valence-corrected chi connectivity index (χ3v) is 3.70. The van der Waals surface area contributed by atoms with Gasteiger partial charge < -0.3 is 10.1 Å². The molecule has 0 aromatic heterocycles. The predicted octanol–water partition coefficient (Wildman–Crippen LogP) is 2.24. The van der Waals surface area contributed by atoms with Gasteiger partial charge in [-0.2, -0.15) is 0 Å². The second-order valence-electron chi connectivity index (χ2n) is 5.58. The van der Waals surface area contributed by atoms with Gasteiger partial charge in [0.1, 0.15) is 6.61 Å². The lowest BCUT2D eigenvalue weighted by Crippen LogP contribution is -2.24. The van der Waals surface area contributed by atoms with Gasteiger partial charge >= 0.3 is 6.09 Å². The maximum Gasteiger partial charge on any atom is 0.407 e. The number of ether oxygens (including phenoxy) is 1. The van der Waals surface area contributed by atoms with Crippen molar-refractivity contribution < 1.29 is 19.1 Å². The van der Waals surface area contributed by atoms with Crippen LogP contribution in [-0.2, 0) is 11.3 Å². The normalized spacial score (nSPS) is 11.8. The van der Waals surface area contributed by atoms with E-state index >= 15 is 0 Å². The molecule has 0 spiro atoms. The van der Waals surface area contributed by atoms with Gasteiger partial charge in [-0.25, -0.2) is 4.79 Å². The van der Waals surface area contributed by atoms with E-state index in [4.69, 9.17) is 4.74 Å². The van der Waals surface area contributed by atoms with Crippen LogP contribution in [0.2, 0.25) is 0 Å². The molecule has 3 amide bonds. The van der Waals surface area contributed by atoms with Gasteiger partial charge in [0, 0.05) is 18.5 Å². The van der Waals surface area contributed by atoms with Crippen LogP contribution < -0.4 is 10.6 Å². The van der Waals surface area contributed by atoms with Crippen LogP contribution in [0.3, 0.4) is 0 Å². The van der Waals surface area contributed by atoms with E-state index in [-0.39, 0.29) is 12.5 Å². The quantitative estimate of drug-likeness (QED) is 0.504. The number of hydrogen-bond donors (Lipinski definition) is 2. The highest BCUT2D eigenvalue weighted by Crippen LogP contribution is 2.16. The minimum Gasteiger partial charge on any atom is -0.445 e. The first-order chi connectivity index (χ1) is 12.6. The van der Waals surface area contributed by atoms with E-state index in [0.29, 0.717) is 29.7 Å². The van der Waals surface area contributed by atoms with Gasteiger partial charge in [-0.05, 0) is 23.8 Å². The van der Waals surface area contributed by atoms with Gasteiger partial charge in [-0.15, -0.1) is 0 Å². The zero-order chi connectivity index (χ0) is 18.4. The van der Waals surface area contributed by atoms with Crippen molar-refractivity contribution in [2.75, 3.05) is 6.54 Å². The van der Waals surface area contributed by atoms with Gasteiger partial charge in [-0.3, -0.25) is 14.9 Å². The molecule has 130 valence electrons. The van der Waals surface area contributed by atoms with E-state index in [1.165, 1.54) is 0 Å². The summed E-state index contributed by atoms with van der Waals surface area (Å²) in [5, 5.41) is 4.86. The Morgan fingerprint density at radius 2 is 1.81 bits per heavy atom. The summed E-state index contributed by atoms with van der Waals surface area (Å²) >= 11 is 0. The van der Waals surface area contributed by atoms with E-state index in [2.05, 4.69) is 22.5 Å². The summed E-state index contributed by atoms with van der Waals surface area (Å²) in [5.74, 6) is 5.03. The molecule has 0 saturated heterocycles. The molecule has 0 bridgehead atoms. The molecule has 0 atom stereocenters. The molecular weight excluding hydrogens is 332 g/mol. The van der Waals surface area contributed by atoms with E-state index in [1.54, 1.807) is 18.2 Å². The smallest absolute Gasteiger partial charge is 0.407 e. The summed E-state index contributed by atoms with van der Waals surface area (Å²) in [6.45, 7) is 0.568. The SMILES string of the molecule is O=C(NCCC#Cc1ccc2c(c1)C(=O)NC2=O)OCc1ccccc1. The first-order valence-electron chi connectivity index (χ1n) is 8.06. The maximum absolute atomic E-state index is 11.6. The van der Waals surface area contributed by atoms with E-state index in [9.17, 15) is 14.4 Å². The van der Waals surface area contributed by atoms with E-state index < -0.39 is 12.0 Å². The van der Waals surface area contributed by atoms with Gasteiger partial charge in [-0.1, -0.05) is 42.2 Å². The summed E-state index contributed by atoms with van der Waals surface area (Å²) < 4.78 is 5.09. The van der Waals surface area contributed by atoms with Crippen LogP contribution in [0.15, 0.2) is 48.5 Å². The predicted molar refractivity (Wildman–Crippen MR) is 94.4 cm³/mol. The molecule has 3 rings (SSSR count). The molecule has 0 fully saturated rings. The molecule has 2 N–H and O–H groups in total. The van der Waals surface area contributed by atoms with Crippen molar-refractivity contribution in [2.24, 2.45) is 0 Å². The number of carbonyl (C=O) groups is 3. The Balaban J connectivity index is 1.43. The maximum atomic E-state index is 11.6. The van der Waals surface area contributed by atoms with E-state index in [1.807, 2.05) is 30.3 Å². The largest absolute Gasteiger partial charge is 0.445 e. The number of alkyl carbamates (subject to hydrolysis) is 1. The lowest BCUT2D eigenvalue weighted by molar-refractivity contribution is 0.0879. The second kappa shape index (κ2) is 7.99. The number of benzene rings is 2. The molecule has 0 radical (unpaired) electrons. The van der Waals surface area contributed by atoms with Crippen LogP contribution in [-0.4, -0.2) is 24.5 Å². The standard InChI is InChI=1S/C20H16N2O4/c23-18-16-10-9-14(12-17(16)19(24)22-18)6-4-5-11-21-20(25)26-13-15-7-2-1-3-8-15/h1-3,7-10,12H,5,11,13H2,(H,21,25)(H,22,23,24). The first-order valence-corrected chi connectivity index (χ1v) is 8.06. The van der Waals surface area contributed by atoms with Crippen molar-refractivity contribution in [2.45, 2.75) is 13.0 Å². The zero-order valence-electron chi connectivity index (χ0n) is 13.9. The molecule has 2 aromatic rings. The van der Waals surface area contributed by atoms with Crippen LogP contribution in [0.1, 0.15) is 38.3 Å². The molecule has 0 aliphatic carbocycles. The monoisotopic (exact) mass is 348 g/mol. The number of imide groups is 1. The highest BCUT2D eigenvalue weighted by atomic mass is 16.5. The Morgan fingerprint density at radius 1 is 1.04 bits per heavy atom. The van der Waals surface area contributed by atoms with Gasteiger partial charge in [0.25, 0.3) is 11.8 Å². The number of nitrogens with one attached hydrogen (secondary N) is 2. The van der Waals surface area contributed by atoms with E-state index in [0.717, 1.165) is 5.56 Å². The summed E-state index contributed by atoms with van der Waals surface area (Å²) in [6, 6.07) is 14.3. The van der Waals surface area contributed by atoms with Gasteiger partial charge in [0.2, 0.25) is 0 Å². The Kier molecular flexibility index (Phi) is 5.30. The Morgan fingerprint density at radius 3 is 2.62 bits per heavy atom. The van der Waals surface area contributed by atoms with Crippen molar-refractivity contribution in [1.29, 1.82) is 0 Å². The number of amides is 3. The molecule has 6 nitrogen and oxygen atoms in total. The minimum atomic E-state index is -0.497. The second-order valence-corrected chi connectivity index (χ2v) is 5.58. The van der Waals surface area contributed by atoms with Gasteiger partial charge in [0.05, 0.1) is 11.1 Å². The van der Waals surface area contributed by atoms with Crippen LogP contribution in [0, 0.1) is 11.8 Å². The third-order valence-electron chi connectivity index (χ3n) is 3.70. The third kappa shape index (κ3) is 4.28. The molecule has 26 heavy (non-hydrogen) atoms. The summed E-state index contributed by atoms with van der Waals surface area (Å²) in [6.07, 6.45) is -0.0637. The molecule has 0 saturated carbocycles. The molecule has 1 aliphatic heterocycles.